The van der Waals surface area contributed by atoms with E-state index in [-0.39, 0.29) is 11.7 Å². The van der Waals surface area contributed by atoms with Crippen molar-refractivity contribution in [3.8, 4) is 11.5 Å². The summed E-state index contributed by atoms with van der Waals surface area (Å²) in [6.45, 7) is 2.68. The number of hydrogen-bond acceptors (Lipinski definition) is 4. The summed E-state index contributed by atoms with van der Waals surface area (Å²) in [6, 6.07) is 4.90. The van der Waals surface area contributed by atoms with Gasteiger partial charge in [0, 0.05) is 6.08 Å². The van der Waals surface area contributed by atoms with Gasteiger partial charge in [-0.25, -0.2) is 4.79 Å². The van der Waals surface area contributed by atoms with Gasteiger partial charge in [0.15, 0.2) is 11.5 Å². The normalized spacial score (nSPS) is 10.9. The van der Waals surface area contributed by atoms with Crippen molar-refractivity contribution in [3.63, 3.8) is 0 Å². The Kier molecular flexibility index (Phi) is 9.60. The maximum Gasteiger partial charge on any atom is 0.330 e. The van der Waals surface area contributed by atoms with Crippen molar-refractivity contribution in [1.82, 2.24) is 0 Å². The minimum Gasteiger partial charge on any atom is -0.504 e. The van der Waals surface area contributed by atoms with Crippen LogP contribution in [0.4, 0.5) is 0 Å². The molecule has 0 aliphatic rings. The summed E-state index contributed by atoms with van der Waals surface area (Å²) in [5.41, 5.74) is 0.771. The zero-order chi connectivity index (χ0) is 16.9. The molecule has 0 aromatic heterocycles. The highest BCUT2D eigenvalue weighted by molar-refractivity contribution is 5.87. The first-order valence-corrected chi connectivity index (χ1v) is 8.39. The summed E-state index contributed by atoms with van der Waals surface area (Å²) in [5.74, 6) is 0.109. The van der Waals surface area contributed by atoms with Crippen molar-refractivity contribution in [2.45, 2.75) is 51.9 Å². The minimum atomic E-state index is -0.344. The highest BCUT2D eigenvalue weighted by Crippen LogP contribution is 2.26. The molecule has 0 fully saturated rings. The lowest BCUT2D eigenvalue weighted by atomic mass is 10.1. The lowest BCUT2D eigenvalue weighted by Gasteiger charge is -2.04. The van der Waals surface area contributed by atoms with Gasteiger partial charge in [-0.2, -0.15) is 0 Å². The zero-order valence-corrected chi connectivity index (χ0v) is 14.2. The van der Waals surface area contributed by atoms with Crippen molar-refractivity contribution in [2.24, 2.45) is 0 Å². The number of carbonyl (C=O) groups excluding carboxylic acids is 1. The third kappa shape index (κ3) is 8.29. The molecule has 128 valence electrons. The fourth-order valence-electron chi connectivity index (χ4n) is 2.24. The summed E-state index contributed by atoms with van der Waals surface area (Å²) >= 11 is 0. The van der Waals surface area contributed by atoms with E-state index in [1.165, 1.54) is 51.4 Å². The predicted molar refractivity (Wildman–Crippen MR) is 92.6 cm³/mol. The van der Waals surface area contributed by atoms with Crippen LogP contribution < -0.4 is 4.74 Å². The summed E-state index contributed by atoms with van der Waals surface area (Å²) in [7, 11) is 1.49. The van der Waals surface area contributed by atoms with E-state index < -0.39 is 0 Å². The molecule has 0 atom stereocenters. The van der Waals surface area contributed by atoms with Crippen LogP contribution in [-0.4, -0.2) is 24.8 Å². The molecule has 0 unspecified atom stereocenters. The first-order valence-electron chi connectivity index (χ1n) is 8.39. The molecule has 0 heterocycles. The monoisotopic (exact) mass is 320 g/mol. The quantitative estimate of drug-likeness (QED) is 0.364. The van der Waals surface area contributed by atoms with Crippen molar-refractivity contribution in [3.05, 3.63) is 29.8 Å². The number of esters is 1. The van der Waals surface area contributed by atoms with Gasteiger partial charge in [-0.3, -0.25) is 0 Å². The predicted octanol–water partition coefficient (Wildman–Crippen LogP) is 4.71. The molecule has 1 aromatic rings. The topological polar surface area (TPSA) is 55.8 Å². The molecule has 0 spiro atoms. The third-order valence-corrected chi connectivity index (χ3v) is 3.61. The molecule has 0 saturated carbocycles. The maximum absolute atomic E-state index is 11.6. The molecule has 0 bridgehead atoms. The van der Waals surface area contributed by atoms with E-state index >= 15 is 0 Å². The first kappa shape index (κ1) is 19.1. The highest BCUT2D eigenvalue weighted by Gasteiger charge is 2.02. The van der Waals surface area contributed by atoms with Gasteiger partial charge in [0.1, 0.15) is 0 Å². The van der Waals surface area contributed by atoms with Crippen molar-refractivity contribution in [1.29, 1.82) is 0 Å². The fraction of sp³-hybridized carbons (Fsp3) is 0.526. The number of unbranched alkanes of at least 4 members (excludes halogenated alkanes) is 6. The summed E-state index contributed by atoms with van der Waals surface area (Å²) in [5, 5.41) is 9.51. The van der Waals surface area contributed by atoms with E-state index in [2.05, 4.69) is 6.92 Å². The molecule has 0 radical (unpaired) electrons. The second-order valence-electron chi connectivity index (χ2n) is 5.55. The standard InChI is InChI=1S/C19H28O4/c1-3-4-5-6-7-8-9-14-23-19(21)13-11-16-10-12-17(20)18(15-16)22-2/h10-13,15,20H,3-9,14H2,1-2H3. The molecule has 1 aromatic carbocycles. The highest BCUT2D eigenvalue weighted by atomic mass is 16.5. The zero-order valence-electron chi connectivity index (χ0n) is 14.2. The molecule has 0 amide bonds. The summed E-state index contributed by atoms with van der Waals surface area (Å²) in [4.78, 5) is 11.6. The van der Waals surface area contributed by atoms with Crippen molar-refractivity contribution < 1.29 is 19.4 Å². The maximum atomic E-state index is 11.6. The molecule has 0 saturated heterocycles. The Balaban J connectivity index is 2.21. The molecule has 4 nitrogen and oxygen atoms in total. The molecule has 1 rings (SSSR count). The number of phenols is 1. The van der Waals surface area contributed by atoms with Crippen LogP contribution in [0.5, 0.6) is 11.5 Å². The van der Waals surface area contributed by atoms with Gasteiger partial charge in [0.2, 0.25) is 0 Å². The number of phenolic OH excluding ortho intramolecular Hbond substituents is 1. The van der Waals surface area contributed by atoms with Gasteiger partial charge < -0.3 is 14.6 Å². The Morgan fingerprint density at radius 1 is 1.13 bits per heavy atom. The number of rotatable bonds is 11. The second kappa shape index (κ2) is 11.6. The second-order valence-corrected chi connectivity index (χ2v) is 5.55. The van der Waals surface area contributed by atoms with Crippen molar-refractivity contribution in [2.75, 3.05) is 13.7 Å². The van der Waals surface area contributed by atoms with Crippen LogP contribution in [0.15, 0.2) is 24.3 Å². The minimum absolute atomic E-state index is 0.0752. The summed E-state index contributed by atoms with van der Waals surface area (Å²) in [6.07, 6.45) is 11.4. The molecule has 23 heavy (non-hydrogen) atoms. The Morgan fingerprint density at radius 2 is 1.83 bits per heavy atom. The third-order valence-electron chi connectivity index (χ3n) is 3.61. The molecule has 0 aliphatic carbocycles. The van der Waals surface area contributed by atoms with Crippen LogP contribution in [0.3, 0.4) is 0 Å². The SMILES string of the molecule is CCCCCCCCCOC(=O)C=Cc1ccc(O)c(OC)c1. The van der Waals surface area contributed by atoms with Gasteiger partial charge >= 0.3 is 5.97 Å². The largest absolute Gasteiger partial charge is 0.504 e. The van der Waals surface area contributed by atoms with Gasteiger partial charge in [0.05, 0.1) is 13.7 Å². The lowest BCUT2D eigenvalue weighted by Crippen LogP contribution is -2.02. The van der Waals surface area contributed by atoms with Crippen LogP contribution in [0.1, 0.15) is 57.4 Å². The number of benzene rings is 1. The lowest BCUT2D eigenvalue weighted by molar-refractivity contribution is -0.137. The average Bonchev–Trinajstić information content (AvgIpc) is 2.56. The van der Waals surface area contributed by atoms with E-state index in [9.17, 15) is 9.90 Å². The van der Waals surface area contributed by atoms with E-state index in [4.69, 9.17) is 9.47 Å². The number of methoxy groups -OCH3 is 1. The van der Waals surface area contributed by atoms with Crippen molar-refractivity contribution >= 4 is 12.0 Å². The smallest absolute Gasteiger partial charge is 0.330 e. The van der Waals surface area contributed by atoms with E-state index in [0.717, 1.165) is 18.4 Å². The fourth-order valence-corrected chi connectivity index (χ4v) is 2.24. The van der Waals surface area contributed by atoms with E-state index in [1.54, 1.807) is 18.2 Å². The number of aromatic hydroxyl groups is 1. The average molecular weight is 320 g/mol. The van der Waals surface area contributed by atoms with Crippen LogP contribution in [0.25, 0.3) is 6.08 Å². The first-order chi connectivity index (χ1) is 11.2. The Hall–Kier alpha value is -1.97. The van der Waals surface area contributed by atoms with Gasteiger partial charge in [-0.05, 0) is 30.2 Å². The molecule has 1 N–H and O–H groups in total. The van der Waals surface area contributed by atoms with Gasteiger partial charge in [0.25, 0.3) is 0 Å². The van der Waals surface area contributed by atoms with Gasteiger partial charge in [-0.15, -0.1) is 0 Å². The number of carbonyl (C=O) groups is 1. The van der Waals surface area contributed by atoms with E-state index in [0.29, 0.717) is 12.4 Å². The van der Waals surface area contributed by atoms with Crippen LogP contribution in [0, 0.1) is 0 Å². The van der Waals surface area contributed by atoms with Crippen LogP contribution in [0.2, 0.25) is 0 Å². The van der Waals surface area contributed by atoms with Crippen LogP contribution in [-0.2, 0) is 9.53 Å². The number of hydrogen-bond donors (Lipinski definition) is 1. The molecular weight excluding hydrogens is 292 g/mol. The molecule has 0 aliphatic heterocycles. The van der Waals surface area contributed by atoms with Gasteiger partial charge in [-0.1, -0.05) is 51.5 Å². The van der Waals surface area contributed by atoms with Crippen LogP contribution >= 0.6 is 0 Å². The Labute approximate surface area is 139 Å². The number of ether oxygens (including phenoxy) is 2. The molecular formula is C19H28O4. The molecule has 4 heteroatoms. The summed E-state index contributed by atoms with van der Waals surface area (Å²) < 4.78 is 10.2. The Morgan fingerprint density at radius 3 is 2.52 bits per heavy atom. The Bertz CT molecular complexity index is 494. The van der Waals surface area contributed by atoms with E-state index in [1.807, 2.05) is 0 Å².